The number of carbonyl (C=O) groups excluding carboxylic acids is 1. The molecule has 1 fully saturated rings. The number of hydrogen-bond acceptors (Lipinski definition) is 6. The van der Waals surface area contributed by atoms with E-state index in [0.717, 1.165) is 31.5 Å². The lowest BCUT2D eigenvalue weighted by molar-refractivity contribution is -0.120. The summed E-state index contributed by atoms with van der Waals surface area (Å²) < 4.78 is 16.4. The molecule has 0 radical (unpaired) electrons. The summed E-state index contributed by atoms with van der Waals surface area (Å²) in [7, 11) is 0. The van der Waals surface area contributed by atoms with Crippen molar-refractivity contribution in [2.75, 3.05) is 6.54 Å². The molecule has 0 spiro atoms. The van der Waals surface area contributed by atoms with Crippen LogP contribution in [0.3, 0.4) is 0 Å². The van der Waals surface area contributed by atoms with E-state index in [-0.39, 0.29) is 22.0 Å². The third-order valence-electron chi connectivity index (χ3n) is 3.55. The van der Waals surface area contributed by atoms with Gasteiger partial charge in [0.1, 0.15) is 5.82 Å². The van der Waals surface area contributed by atoms with Gasteiger partial charge in [-0.15, -0.1) is 0 Å². The molecule has 2 rings (SSSR count). The quantitative estimate of drug-likeness (QED) is 0.257. The third kappa shape index (κ3) is 4.26. The molecule has 9 heteroatoms. The first-order valence-electron chi connectivity index (χ1n) is 6.61. The van der Waals surface area contributed by atoms with Gasteiger partial charge in [0.25, 0.3) is 0 Å². The number of Topliss-reactive ketones (excluding diaryl/α,β-unsaturated/α-hetero) is 1. The number of carbonyl (C=O) groups is 1. The van der Waals surface area contributed by atoms with Crippen molar-refractivity contribution >= 4 is 45.4 Å². The lowest BCUT2D eigenvalue weighted by Gasteiger charge is -2.34. The monoisotopic (exact) mass is 390 g/mol. The third-order valence-corrected chi connectivity index (χ3v) is 4.49. The molecule has 0 aliphatic heterocycles. The zero-order valence-electron chi connectivity index (χ0n) is 11.6. The number of rotatable bonds is 6. The predicted octanol–water partition coefficient (Wildman–Crippen LogP) is 2.30. The number of amidine groups is 1. The van der Waals surface area contributed by atoms with Crippen LogP contribution in [0.15, 0.2) is 27.7 Å². The average Bonchev–Trinajstić information content (AvgIpc) is 2.46. The second-order valence-electron chi connectivity index (χ2n) is 5.04. The number of nitrogens with one attached hydrogen (secondary N) is 2. The summed E-state index contributed by atoms with van der Waals surface area (Å²) in [6.45, 7) is 0.745. The fourth-order valence-corrected chi connectivity index (χ4v) is 2.99. The average molecular weight is 391 g/mol. The van der Waals surface area contributed by atoms with Gasteiger partial charge in [0.05, 0.1) is 10.2 Å². The van der Waals surface area contributed by atoms with E-state index in [1.54, 1.807) is 0 Å². The molecule has 0 atom stereocenters. The summed E-state index contributed by atoms with van der Waals surface area (Å²) in [4.78, 5) is 16.3. The number of nitrogens with two attached hydrogens (primary N) is 1. The van der Waals surface area contributed by atoms with Gasteiger partial charge in [-0.3, -0.25) is 19.9 Å². The highest BCUT2D eigenvalue weighted by Crippen LogP contribution is 2.34. The van der Waals surface area contributed by atoms with Crippen LogP contribution >= 0.6 is 28.1 Å². The van der Waals surface area contributed by atoms with Gasteiger partial charge in [-0.05, 0) is 52.9 Å². The Morgan fingerprint density at radius 2 is 2.27 bits per heavy atom. The van der Waals surface area contributed by atoms with Crippen LogP contribution in [0.25, 0.3) is 0 Å². The van der Waals surface area contributed by atoms with Crippen molar-refractivity contribution in [2.24, 2.45) is 22.0 Å². The Morgan fingerprint density at radius 3 is 2.86 bits per heavy atom. The summed E-state index contributed by atoms with van der Waals surface area (Å²) in [6, 6.07) is 4.10. The number of nitrogens with zero attached hydrogens (tertiary/aromatic N) is 1. The normalized spacial score (nSPS) is 21.4. The van der Waals surface area contributed by atoms with Gasteiger partial charge in [-0.1, -0.05) is 0 Å². The maximum atomic E-state index is 13.2. The Balaban J connectivity index is 2.00. The molecule has 0 aromatic heterocycles. The van der Waals surface area contributed by atoms with E-state index >= 15 is 0 Å². The largest absolute Gasteiger partial charge is 0.290 e. The van der Waals surface area contributed by atoms with Crippen molar-refractivity contribution in [1.29, 1.82) is 0 Å². The number of hydroxylamine groups is 1. The molecule has 6 nitrogen and oxygen atoms in total. The van der Waals surface area contributed by atoms with Gasteiger partial charge in [0.2, 0.25) is 5.78 Å². The maximum Gasteiger partial charge on any atom is 0.202 e. The van der Waals surface area contributed by atoms with Gasteiger partial charge in [0, 0.05) is 24.6 Å². The van der Waals surface area contributed by atoms with Crippen LogP contribution in [0.1, 0.15) is 12.8 Å². The van der Waals surface area contributed by atoms with E-state index < -0.39 is 5.82 Å². The SMILES string of the molecule is NSNCC1CC(C(=O)C(=Nc2ccc(F)c(Br)c2)NO)C1. The summed E-state index contributed by atoms with van der Waals surface area (Å²) >= 11 is 4.11. The van der Waals surface area contributed by atoms with Gasteiger partial charge < -0.3 is 0 Å². The molecule has 1 aliphatic rings. The van der Waals surface area contributed by atoms with Crippen molar-refractivity contribution in [3.05, 3.63) is 28.5 Å². The van der Waals surface area contributed by atoms with Crippen molar-refractivity contribution in [1.82, 2.24) is 10.2 Å². The molecule has 1 aromatic rings. The Morgan fingerprint density at radius 1 is 1.55 bits per heavy atom. The second-order valence-corrected chi connectivity index (χ2v) is 6.41. The smallest absolute Gasteiger partial charge is 0.202 e. The van der Waals surface area contributed by atoms with Crippen LogP contribution in [0.5, 0.6) is 0 Å². The molecule has 0 bridgehead atoms. The van der Waals surface area contributed by atoms with Crippen LogP contribution in [-0.4, -0.2) is 23.4 Å². The number of aliphatic imine (C=N–C) groups is 1. The fourth-order valence-electron chi connectivity index (χ4n) is 2.29. The van der Waals surface area contributed by atoms with Gasteiger partial charge in [0.15, 0.2) is 5.84 Å². The Labute approximate surface area is 140 Å². The Kier molecular flexibility index (Phi) is 6.33. The van der Waals surface area contributed by atoms with Gasteiger partial charge in [-0.2, -0.15) is 0 Å². The summed E-state index contributed by atoms with van der Waals surface area (Å²) in [6.07, 6.45) is 1.44. The summed E-state index contributed by atoms with van der Waals surface area (Å²) in [5.41, 5.74) is 2.21. The van der Waals surface area contributed by atoms with Crippen LogP contribution in [-0.2, 0) is 4.79 Å². The van der Waals surface area contributed by atoms with Crippen LogP contribution < -0.4 is 15.3 Å². The minimum Gasteiger partial charge on any atom is -0.290 e. The van der Waals surface area contributed by atoms with E-state index in [9.17, 15) is 9.18 Å². The first-order chi connectivity index (χ1) is 10.5. The van der Waals surface area contributed by atoms with E-state index in [0.29, 0.717) is 11.6 Å². The zero-order chi connectivity index (χ0) is 16.1. The summed E-state index contributed by atoms with van der Waals surface area (Å²) in [5.74, 6) is -0.583. The molecular formula is C13H16BrFN4O2S. The van der Waals surface area contributed by atoms with Gasteiger partial charge >= 0.3 is 0 Å². The molecule has 1 saturated carbocycles. The standard InChI is InChI=1S/C13H16BrFN4O2S/c14-10-5-9(1-2-11(10)15)18-13(19-21)12(20)8-3-7(4-8)6-17-22-16/h1-2,5,7-8,17,21H,3-4,6,16H2,(H,18,19). The van der Waals surface area contributed by atoms with E-state index in [2.05, 4.69) is 25.6 Å². The molecular weight excluding hydrogens is 375 g/mol. The number of ketones is 1. The Hall–Kier alpha value is -1.00. The topological polar surface area (TPSA) is 99.7 Å². The molecule has 1 aromatic carbocycles. The number of benzene rings is 1. The highest BCUT2D eigenvalue weighted by molar-refractivity contribution is 9.10. The Bertz CT molecular complexity index is 581. The van der Waals surface area contributed by atoms with Gasteiger partial charge in [-0.25, -0.2) is 14.9 Å². The lowest BCUT2D eigenvalue weighted by Crippen LogP contribution is -2.42. The molecule has 0 saturated heterocycles. The van der Waals surface area contributed by atoms with Crippen molar-refractivity contribution in [3.8, 4) is 0 Å². The van der Waals surface area contributed by atoms with E-state index in [1.807, 2.05) is 5.48 Å². The lowest BCUT2D eigenvalue weighted by atomic mass is 9.72. The zero-order valence-corrected chi connectivity index (χ0v) is 14.0. The van der Waals surface area contributed by atoms with Crippen LogP contribution in [0.2, 0.25) is 0 Å². The second kappa shape index (κ2) is 8.02. The minimum absolute atomic E-state index is 0.136. The van der Waals surface area contributed by atoms with Crippen molar-refractivity contribution in [3.63, 3.8) is 0 Å². The minimum atomic E-state index is -0.420. The molecule has 5 N–H and O–H groups in total. The van der Waals surface area contributed by atoms with Crippen molar-refractivity contribution < 1.29 is 14.4 Å². The maximum absolute atomic E-state index is 13.2. The molecule has 0 amide bonds. The van der Waals surface area contributed by atoms with E-state index in [1.165, 1.54) is 18.2 Å². The highest BCUT2D eigenvalue weighted by Gasteiger charge is 2.36. The highest BCUT2D eigenvalue weighted by atomic mass is 79.9. The number of hydrogen-bond donors (Lipinski definition) is 4. The van der Waals surface area contributed by atoms with Crippen molar-refractivity contribution in [2.45, 2.75) is 12.8 Å². The summed E-state index contributed by atoms with van der Waals surface area (Å²) in [5, 5.41) is 14.4. The first-order valence-corrected chi connectivity index (χ1v) is 8.29. The van der Waals surface area contributed by atoms with Crippen LogP contribution in [0.4, 0.5) is 10.1 Å². The molecule has 22 heavy (non-hydrogen) atoms. The molecule has 120 valence electrons. The first kappa shape index (κ1) is 17.4. The number of halogens is 2. The van der Waals surface area contributed by atoms with Crippen LogP contribution in [0, 0.1) is 17.7 Å². The molecule has 0 unspecified atom stereocenters. The molecule has 1 aliphatic carbocycles. The fraction of sp³-hybridized carbons (Fsp3) is 0.385. The predicted molar refractivity (Wildman–Crippen MR) is 87.1 cm³/mol. The molecule has 0 heterocycles. The van der Waals surface area contributed by atoms with E-state index in [4.69, 9.17) is 10.3 Å².